The van der Waals surface area contributed by atoms with Crippen LogP contribution in [-0.2, 0) is 10.0 Å². The van der Waals surface area contributed by atoms with Crippen LogP contribution in [0, 0.1) is 12.3 Å². The molecule has 7 heteroatoms. The van der Waals surface area contributed by atoms with Gasteiger partial charge in [-0.2, -0.15) is 0 Å². The molecular weight excluding hydrogens is 254 g/mol. The van der Waals surface area contributed by atoms with Gasteiger partial charge in [0.2, 0.25) is 10.0 Å². The monoisotopic (exact) mass is 259 g/mol. The second kappa shape index (κ2) is 4.14. The number of benzene rings is 1. The first-order valence-electron chi connectivity index (χ1n) is 3.83. The third kappa shape index (κ3) is 2.33. The van der Waals surface area contributed by atoms with Crippen molar-refractivity contribution in [2.45, 2.75) is 4.90 Å². The van der Waals surface area contributed by atoms with Crippen LogP contribution in [0.3, 0.4) is 0 Å². The largest absolute Gasteiger partial charge is 0.478 e. The van der Waals surface area contributed by atoms with E-state index in [0.29, 0.717) is 0 Å². The molecule has 0 aliphatic rings. The van der Waals surface area contributed by atoms with Crippen LogP contribution in [0.2, 0.25) is 5.02 Å². The number of sulfonamides is 1. The zero-order valence-electron chi connectivity index (χ0n) is 7.77. The third-order valence-electron chi connectivity index (χ3n) is 1.76. The Bertz CT molecular complexity index is 601. The molecular formula is C9H6ClNO4S. The van der Waals surface area contributed by atoms with Crippen molar-refractivity contribution in [3.05, 3.63) is 28.3 Å². The summed E-state index contributed by atoms with van der Waals surface area (Å²) in [7, 11) is -4.08. The SMILES string of the molecule is C#Cc1cc(Cl)c(S(N)(=O)=O)cc1C(=O)O. The minimum Gasteiger partial charge on any atom is -0.478 e. The number of rotatable bonds is 2. The Labute approximate surface area is 96.9 Å². The van der Waals surface area contributed by atoms with E-state index in [9.17, 15) is 13.2 Å². The molecule has 0 atom stereocenters. The predicted octanol–water partition coefficient (Wildman–Crippen LogP) is 0.667. The van der Waals surface area contributed by atoms with Crippen LogP contribution in [0.5, 0.6) is 0 Å². The Morgan fingerprint density at radius 1 is 1.50 bits per heavy atom. The molecule has 0 aliphatic heterocycles. The highest BCUT2D eigenvalue weighted by Gasteiger charge is 2.19. The second-order valence-electron chi connectivity index (χ2n) is 2.82. The van der Waals surface area contributed by atoms with Crippen molar-refractivity contribution in [3.8, 4) is 12.3 Å². The molecule has 0 heterocycles. The average molecular weight is 260 g/mol. The fourth-order valence-electron chi connectivity index (χ4n) is 1.07. The van der Waals surface area contributed by atoms with Crippen LogP contribution >= 0.6 is 11.6 Å². The quantitative estimate of drug-likeness (QED) is 0.763. The molecule has 0 aliphatic carbocycles. The molecule has 1 rings (SSSR count). The molecule has 0 amide bonds. The molecule has 3 N–H and O–H groups in total. The Hall–Kier alpha value is -1.55. The van der Waals surface area contributed by atoms with Gasteiger partial charge in [0.25, 0.3) is 0 Å². The minimum atomic E-state index is -4.08. The maximum absolute atomic E-state index is 11.1. The van der Waals surface area contributed by atoms with E-state index in [2.05, 4.69) is 5.92 Å². The Morgan fingerprint density at radius 3 is 2.44 bits per heavy atom. The predicted molar refractivity (Wildman–Crippen MR) is 57.7 cm³/mol. The number of nitrogens with two attached hydrogens (primary N) is 1. The van der Waals surface area contributed by atoms with Gasteiger partial charge >= 0.3 is 5.97 Å². The first kappa shape index (κ1) is 12.5. The summed E-state index contributed by atoms with van der Waals surface area (Å²) >= 11 is 5.62. The molecule has 1 aromatic carbocycles. The van der Waals surface area contributed by atoms with Gasteiger partial charge < -0.3 is 5.11 Å². The average Bonchev–Trinajstić information content (AvgIpc) is 2.14. The highest BCUT2D eigenvalue weighted by atomic mass is 35.5. The van der Waals surface area contributed by atoms with Gasteiger partial charge in [-0.15, -0.1) is 6.42 Å². The number of hydrogen-bond acceptors (Lipinski definition) is 3. The van der Waals surface area contributed by atoms with Crippen LogP contribution < -0.4 is 5.14 Å². The minimum absolute atomic E-state index is 0.00935. The zero-order chi connectivity index (χ0) is 12.5. The fraction of sp³-hybridized carbons (Fsp3) is 0. The lowest BCUT2D eigenvalue weighted by molar-refractivity contribution is 0.0696. The molecule has 16 heavy (non-hydrogen) atoms. The van der Waals surface area contributed by atoms with Gasteiger partial charge in [0.15, 0.2) is 0 Å². The summed E-state index contributed by atoms with van der Waals surface area (Å²) < 4.78 is 22.2. The molecule has 0 unspecified atom stereocenters. The van der Waals surface area contributed by atoms with Crippen LogP contribution in [0.1, 0.15) is 15.9 Å². The summed E-state index contributed by atoms with van der Waals surface area (Å²) in [4.78, 5) is 10.3. The lowest BCUT2D eigenvalue weighted by Gasteiger charge is -2.05. The smallest absolute Gasteiger partial charge is 0.337 e. The van der Waals surface area contributed by atoms with E-state index >= 15 is 0 Å². The van der Waals surface area contributed by atoms with E-state index in [1.54, 1.807) is 0 Å². The first-order chi connectivity index (χ1) is 7.27. The summed E-state index contributed by atoms with van der Waals surface area (Å²) in [6, 6.07) is 1.92. The summed E-state index contributed by atoms with van der Waals surface area (Å²) in [6.07, 6.45) is 5.06. The Kier molecular flexibility index (Phi) is 3.24. The van der Waals surface area contributed by atoms with Crippen LogP contribution in [0.15, 0.2) is 17.0 Å². The number of carboxylic acids is 1. The summed E-state index contributed by atoms with van der Waals surface area (Å²) in [6.45, 7) is 0. The Balaban J connectivity index is 3.67. The molecule has 0 saturated carbocycles. The number of terminal acetylenes is 1. The standard InChI is InChI=1S/C9H6ClNO4S/c1-2-5-3-7(10)8(16(11,14)15)4-6(5)9(12)13/h1,3-4H,(H,12,13)(H2,11,14,15). The van der Waals surface area contributed by atoms with Crippen LogP contribution in [-0.4, -0.2) is 19.5 Å². The third-order valence-corrected chi connectivity index (χ3v) is 3.14. The van der Waals surface area contributed by atoms with E-state index in [-0.39, 0.29) is 16.1 Å². The molecule has 0 spiro atoms. The van der Waals surface area contributed by atoms with E-state index in [4.69, 9.17) is 28.3 Å². The van der Waals surface area contributed by atoms with Crippen molar-refractivity contribution >= 4 is 27.6 Å². The van der Waals surface area contributed by atoms with E-state index < -0.39 is 20.9 Å². The summed E-state index contributed by atoms with van der Waals surface area (Å²) in [5, 5.41) is 13.5. The molecule has 5 nitrogen and oxygen atoms in total. The first-order valence-corrected chi connectivity index (χ1v) is 5.76. The molecule has 84 valence electrons. The van der Waals surface area contributed by atoms with Gasteiger partial charge in [0.1, 0.15) is 4.90 Å². The summed E-state index contributed by atoms with van der Waals surface area (Å²) in [5.41, 5.74) is -0.346. The van der Waals surface area contributed by atoms with Gasteiger partial charge in [-0.25, -0.2) is 18.4 Å². The van der Waals surface area contributed by atoms with Gasteiger partial charge in [0.05, 0.1) is 10.6 Å². The van der Waals surface area contributed by atoms with Gasteiger partial charge in [-0.3, -0.25) is 0 Å². The number of halogens is 1. The zero-order valence-corrected chi connectivity index (χ0v) is 9.34. The van der Waals surface area contributed by atoms with E-state index in [1.165, 1.54) is 0 Å². The number of hydrogen-bond donors (Lipinski definition) is 2. The number of aromatic carboxylic acids is 1. The maximum Gasteiger partial charge on any atom is 0.337 e. The van der Waals surface area contributed by atoms with Crippen molar-refractivity contribution in [2.75, 3.05) is 0 Å². The number of primary sulfonamides is 1. The van der Waals surface area contributed by atoms with E-state index in [1.807, 2.05) is 0 Å². The molecule has 0 radical (unpaired) electrons. The fourth-order valence-corrected chi connectivity index (χ4v) is 2.17. The van der Waals surface area contributed by atoms with Crippen molar-refractivity contribution in [1.29, 1.82) is 0 Å². The van der Waals surface area contributed by atoms with Crippen molar-refractivity contribution in [2.24, 2.45) is 5.14 Å². The highest BCUT2D eigenvalue weighted by Crippen LogP contribution is 2.24. The van der Waals surface area contributed by atoms with Crippen molar-refractivity contribution in [3.63, 3.8) is 0 Å². The highest BCUT2D eigenvalue weighted by molar-refractivity contribution is 7.89. The molecule has 0 bridgehead atoms. The molecule has 0 saturated heterocycles. The normalized spacial score (nSPS) is 10.8. The van der Waals surface area contributed by atoms with Gasteiger partial charge in [-0.05, 0) is 12.1 Å². The van der Waals surface area contributed by atoms with Crippen LogP contribution in [0.4, 0.5) is 0 Å². The Morgan fingerprint density at radius 2 is 2.06 bits per heavy atom. The number of carbonyl (C=O) groups is 1. The van der Waals surface area contributed by atoms with E-state index in [0.717, 1.165) is 12.1 Å². The number of carboxylic acid groups (broad SMARTS) is 1. The van der Waals surface area contributed by atoms with Gasteiger partial charge in [0, 0.05) is 5.56 Å². The lowest BCUT2D eigenvalue weighted by Crippen LogP contribution is -2.14. The topological polar surface area (TPSA) is 97.5 Å². The van der Waals surface area contributed by atoms with Gasteiger partial charge in [-0.1, -0.05) is 17.5 Å². The van der Waals surface area contributed by atoms with Crippen molar-refractivity contribution < 1.29 is 18.3 Å². The van der Waals surface area contributed by atoms with Crippen molar-refractivity contribution in [1.82, 2.24) is 0 Å². The van der Waals surface area contributed by atoms with Crippen LogP contribution in [0.25, 0.3) is 0 Å². The molecule has 1 aromatic rings. The summed E-state index contributed by atoms with van der Waals surface area (Å²) in [5.74, 6) is 0.743. The second-order valence-corrected chi connectivity index (χ2v) is 4.76. The lowest BCUT2D eigenvalue weighted by atomic mass is 10.1. The molecule has 0 fully saturated rings. The maximum atomic E-state index is 11.1. The molecule has 0 aromatic heterocycles.